The summed E-state index contributed by atoms with van der Waals surface area (Å²) < 4.78 is 63.4. The van der Waals surface area contributed by atoms with Gasteiger partial charge in [0.05, 0.1) is 75.5 Å². The number of fused-ring (bicyclic) bond motifs is 2. The number of rotatable bonds is 11. The summed E-state index contributed by atoms with van der Waals surface area (Å²) in [5, 5.41) is 21.0. The van der Waals surface area contributed by atoms with Gasteiger partial charge in [-0.15, -0.1) is 22.7 Å². The van der Waals surface area contributed by atoms with E-state index in [1.807, 2.05) is 6.92 Å². The molecule has 34 heteroatoms. The number of aliphatic hydroxyl groups is 1. The molecule has 0 radical (unpaired) electrons. The van der Waals surface area contributed by atoms with E-state index in [4.69, 9.17) is 53.2 Å². The van der Waals surface area contributed by atoms with Crippen molar-refractivity contribution in [1.29, 1.82) is 0 Å². The van der Waals surface area contributed by atoms with E-state index in [2.05, 4.69) is 58.1 Å². The first-order chi connectivity index (χ1) is 37.2. The molecule has 4 saturated heterocycles. The van der Waals surface area contributed by atoms with Crippen LogP contribution < -0.4 is 50.2 Å². The number of ether oxygens (including phenoxy) is 2. The van der Waals surface area contributed by atoms with Gasteiger partial charge in [0.2, 0.25) is 31.9 Å². The molecule has 6 aromatic heterocycles. The molecular weight excluding hydrogens is 1170 g/mol. The second-order valence-corrected chi connectivity index (χ2v) is 24.6. The van der Waals surface area contributed by atoms with Crippen LogP contribution in [0.15, 0.2) is 12.4 Å². The molecule has 436 valence electrons. The number of hydrazine groups is 1. The standard InChI is InChI=1S/C22H29N9O5S2.C22H31N9O3S2.CH4O.CH3.H4N2.Zn/c1-13-15(12-28-3-5-30(6-4-28)38(2,34)35)37-19-16(13)18(31(32)33)17(14-11-25-22(24)27-20(14)23)26-21(19)29-7-9-36-10-8-29;1-13-15(12-29-3-5-31(6-4-29)36(2,32)33)35-19-16(13)17(23)18(14-11-26-22(25)28-20(14)24)27-21(19)30-7-9-34-10-8-30;1-2;;1-2;/h11H,3-10,12H2,1-2H3,(H4,23,24,25,27);11H,3-10,12,23H2,1-2H3,(H4,24,25,26,28);2H,1H3;1H3;1-2H2;/q;;;-1;;. The number of nitro groups is 1. The van der Waals surface area contributed by atoms with Gasteiger partial charge in [-0.25, -0.2) is 36.8 Å². The molecule has 0 saturated carbocycles. The number of nitrogens with two attached hydrogens (primary N) is 7. The first-order valence-corrected chi connectivity index (χ1v) is 29.9. The monoisotopic (exact) mass is 1240 g/mol. The maximum absolute atomic E-state index is 12.5. The SMILES string of the molecule is CO.Cc1c(CN2CCN(S(C)(=O)=O)CC2)sc2c(N3CCOCC3)nc(-c3cnc(N)nc3N)c(N)c12.Cc1c(CN2CCN(S(C)(=O)=O)CC2)sc2c(N3CCOCC3)nc(-c3cnc(N)nc3N)c([N+](=O)[O-])c12.NN.[CH3-].[Zn]. The van der Waals surface area contributed by atoms with E-state index >= 15 is 0 Å². The fourth-order valence-corrected chi connectivity index (χ4v) is 14.0. The van der Waals surface area contributed by atoms with Crippen molar-refractivity contribution in [2.45, 2.75) is 26.9 Å². The Balaban J connectivity index is 0.000000271. The zero-order chi connectivity index (χ0) is 56.8. The number of anilines is 7. The van der Waals surface area contributed by atoms with Gasteiger partial charge < -0.3 is 60.5 Å². The normalized spacial score (nSPS) is 16.8. The van der Waals surface area contributed by atoms with Gasteiger partial charge in [-0.1, -0.05) is 0 Å². The van der Waals surface area contributed by atoms with E-state index in [9.17, 15) is 26.9 Å². The molecule has 10 rings (SSSR count). The Labute approximate surface area is 485 Å². The summed E-state index contributed by atoms with van der Waals surface area (Å²) in [5.41, 5.74) is 34.1. The molecule has 0 aromatic carbocycles. The van der Waals surface area contributed by atoms with Gasteiger partial charge >= 0.3 is 5.69 Å². The minimum absolute atomic E-state index is 0. The Morgan fingerprint density at radius 2 is 0.975 bits per heavy atom. The largest absolute Gasteiger partial charge is 0.400 e. The molecule has 4 aliphatic heterocycles. The maximum Gasteiger partial charge on any atom is 0.304 e. The second kappa shape index (κ2) is 28.0. The maximum atomic E-state index is 12.5. The quantitative estimate of drug-likeness (QED) is 0.0290. The fourth-order valence-electron chi connectivity index (χ4n) is 9.59. The molecule has 0 unspecified atom stereocenters. The Morgan fingerprint density at radius 1 is 0.613 bits per heavy atom. The Kier molecular flexibility index (Phi) is 22.9. The number of piperazine rings is 2. The number of nitrogens with zero attached hydrogens (tertiary/aromatic N) is 13. The Bertz CT molecular complexity index is 3350. The van der Waals surface area contributed by atoms with Crippen molar-refractivity contribution >= 4 is 109 Å². The van der Waals surface area contributed by atoms with Gasteiger partial charge in [-0.05, 0) is 25.0 Å². The van der Waals surface area contributed by atoms with Crippen LogP contribution in [0.4, 0.5) is 46.5 Å². The summed E-state index contributed by atoms with van der Waals surface area (Å²) in [7, 11) is -5.41. The summed E-state index contributed by atoms with van der Waals surface area (Å²) in [6.45, 7) is 14.4. The van der Waals surface area contributed by atoms with Crippen molar-refractivity contribution in [3.63, 3.8) is 0 Å². The number of aromatic nitrogens is 6. The molecule has 0 amide bonds. The molecule has 0 aliphatic carbocycles. The molecule has 10 heterocycles. The minimum atomic E-state index is -3.24. The molecule has 4 aliphatic rings. The summed E-state index contributed by atoms with van der Waals surface area (Å²) >= 11 is 3.17. The number of thiophene rings is 2. The van der Waals surface area contributed by atoms with Crippen LogP contribution in [0, 0.1) is 31.4 Å². The van der Waals surface area contributed by atoms with Crippen molar-refractivity contribution in [2.24, 2.45) is 11.7 Å². The van der Waals surface area contributed by atoms with Crippen molar-refractivity contribution in [2.75, 3.05) is 163 Å². The average Bonchev–Trinajstić information content (AvgIpc) is 3.92. The summed E-state index contributed by atoms with van der Waals surface area (Å²) in [4.78, 5) is 49.0. The number of aryl methyl sites for hydroxylation is 2. The topological polar surface area (TPSA) is 429 Å². The van der Waals surface area contributed by atoms with Crippen molar-refractivity contribution in [1.82, 2.24) is 48.3 Å². The predicted octanol–water partition coefficient (Wildman–Crippen LogP) is 0.645. The van der Waals surface area contributed by atoms with Crippen molar-refractivity contribution in [3.8, 4) is 22.5 Å². The molecule has 15 N–H and O–H groups in total. The van der Waals surface area contributed by atoms with Crippen LogP contribution in [0.25, 0.3) is 42.7 Å². The van der Waals surface area contributed by atoms with E-state index in [0.29, 0.717) is 133 Å². The number of nitrogen functional groups attached to an aromatic ring is 5. The number of aliphatic hydroxyl groups excluding tert-OH is 1. The number of hydrogen-bond acceptors (Lipinski definition) is 28. The number of sulfonamides is 2. The van der Waals surface area contributed by atoms with Crippen LogP contribution in [0.2, 0.25) is 0 Å². The van der Waals surface area contributed by atoms with E-state index in [1.54, 1.807) is 17.5 Å². The summed E-state index contributed by atoms with van der Waals surface area (Å²) in [6, 6.07) is 0. The molecule has 80 heavy (non-hydrogen) atoms. The average molecular weight is 1240 g/mol. The molecule has 29 nitrogen and oxygen atoms in total. The van der Waals surface area contributed by atoms with Crippen LogP contribution in [-0.2, 0) is 62.1 Å². The predicted molar refractivity (Wildman–Crippen MR) is 312 cm³/mol. The van der Waals surface area contributed by atoms with E-state index in [1.165, 1.54) is 43.5 Å². The zero-order valence-electron chi connectivity index (χ0n) is 45.8. The third-order valence-electron chi connectivity index (χ3n) is 13.6. The van der Waals surface area contributed by atoms with Crippen LogP contribution >= 0.6 is 22.7 Å². The van der Waals surface area contributed by atoms with Gasteiger partial charge in [-0.3, -0.25) is 31.6 Å². The van der Waals surface area contributed by atoms with Crippen LogP contribution in [0.3, 0.4) is 0 Å². The minimum Gasteiger partial charge on any atom is -0.400 e. The van der Waals surface area contributed by atoms with Crippen molar-refractivity contribution in [3.05, 3.63) is 50.8 Å². The molecule has 4 fully saturated rings. The summed E-state index contributed by atoms with van der Waals surface area (Å²) in [6.07, 6.45) is 5.41. The van der Waals surface area contributed by atoms with Crippen molar-refractivity contribution < 1.29 is 55.8 Å². The molecule has 0 atom stereocenters. The smallest absolute Gasteiger partial charge is 0.304 e. The van der Waals surface area contributed by atoms with Gasteiger partial charge in [0, 0.05) is 146 Å². The van der Waals surface area contributed by atoms with Gasteiger partial charge in [-0.2, -0.15) is 18.6 Å². The first-order valence-electron chi connectivity index (χ1n) is 24.5. The van der Waals surface area contributed by atoms with Crippen LogP contribution in [0.5, 0.6) is 0 Å². The number of morpholine rings is 2. The van der Waals surface area contributed by atoms with E-state index in [0.717, 1.165) is 56.8 Å². The zero-order valence-corrected chi connectivity index (χ0v) is 52.0. The van der Waals surface area contributed by atoms with Gasteiger partial charge in [0.15, 0.2) is 5.69 Å². The number of hydrogen-bond donors (Lipinski definition) is 8. The fraction of sp³-hybridized carbons (Fsp3) is 0.500. The van der Waals surface area contributed by atoms with E-state index in [-0.39, 0.29) is 67.4 Å². The number of pyridine rings is 2. The molecule has 0 bridgehead atoms. The second-order valence-electron chi connectivity index (χ2n) is 18.4. The van der Waals surface area contributed by atoms with Gasteiger partial charge in [0.25, 0.3) is 0 Å². The molecular formula is C46H71N20O9S4Zn-. The third kappa shape index (κ3) is 14.4. The van der Waals surface area contributed by atoms with Crippen LogP contribution in [-0.4, -0.2) is 200 Å². The van der Waals surface area contributed by atoms with Gasteiger partial charge in [0.1, 0.15) is 29.0 Å². The van der Waals surface area contributed by atoms with E-state index < -0.39 is 25.0 Å². The Hall–Kier alpha value is -5.46. The Morgan fingerprint density at radius 3 is 1.35 bits per heavy atom. The third-order valence-corrected chi connectivity index (χ3v) is 18.8. The first kappa shape index (κ1) is 65.4. The molecule has 0 spiro atoms. The summed E-state index contributed by atoms with van der Waals surface area (Å²) in [5.74, 6) is 9.77. The molecule has 6 aromatic rings. The van der Waals surface area contributed by atoms with Crippen LogP contribution in [0.1, 0.15) is 20.9 Å².